The Morgan fingerprint density at radius 2 is 1.92 bits per heavy atom. The molecule has 208 valence electrons. The van der Waals surface area contributed by atoms with E-state index >= 15 is 0 Å². The third kappa shape index (κ3) is 9.73. The number of benzene rings is 1. The highest BCUT2D eigenvalue weighted by molar-refractivity contribution is 7.91. The molecule has 1 heterocycles. The van der Waals surface area contributed by atoms with Crippen molar-refractivity contribution in [2.24, 2.45) is 5.73 Å². The first-order chi connectivity index (χ1) is 18.1. The minimum Gasteiger partial charge on any atom is -0.458 e. The Kier molecular flexibility index (Phi) is 10.7. The second-order valence-electron chi connectivity index (χ2n) is 9.54. The van der Waals surface area contributed by atoms with E-state index in [-0.39, 0.29) is 35.9 Å². The van der Waals surface area contributed by atoms with Crippen molar-refractivity contribution in [1.29, 1.82) is 0 Å². The van der Waals surface area contributed by atoms with E-state index in [1.165, 1.54) is 24.5 Å². The Bertz CT molecular complexity index is 1180. The predicted octanol–water partition coefficient (Wildman–Crippen LogP) is 1.91. The van der Waals surface area contributed by atoms with Gasteiger partial charge in [0, 0.05) is 37.1 Å². The number of amides is 1. The molecule has 1 aliphatic rings. The Morgan fingerprint density at radius 3 is 2.53 bits per heavy atom. The summed E-state index contributed by atoms with van der Waals surface area (Å²) in [5, 5.41) is 5.67. The van der Waals surface area contributed by atoms with Gasteiger partial charge in [-0.2, -0.15) is 0 Å². The number of hydrogen-bond donors (Lipinski definition) is 3. The number of carbonyl (C=O) groups is 2. The summed E-state index contributed by atoms with van der Waals surface area (Å²) in [7, 11) is -3.71. The second kappa shape index (κ2) is 13.7. The molecule has 3 atom stereocenters. The maximum Gasteiger partial charge on any atom is 0.330 e. The number of pyridine rings is 1. The minimum atomic E-state index is -3.71. The lowest BCUT2D eigenvalue weighted by molar-refractivity contribution is -0.151. The minimum absolute atomic E-state index is 0.000479. The molecule has 1 aliphatic carbocycles. The van der Waals surface area contributed by atoms with Crippen molar-refractivity contribution in [1.82, 2.24) is 15.6 Å². The maximum absolute atomic E-state index is 13.7. The number of sulfone groups is 1. The van der Waals surface area contributed by atoms with Gasteiger partial charge in [-0.25, -0.2) is 22.0 Å². The van der Waals surface area contributed by atoms with Crippen LogP contribution in [0.25, 0.3) is 0 Å². The van der Waals surface area contributed by atoms with Crippen LogP contribution in [0.1, 0.15) is 48.5 Å². The molecule has 2 aromatic rings. The zero-order chi connectivity index (χ0) is 27.7. The summed E-state index contributed by atoms with van der Waals surface area (Å²) >= 11 is 0. The van der Waals surface area contributed by atoms with Gasteiger partial charge < -0.3 is 21.1 Å². The van der Waals surface area contributed by atoms with Gasteiger partial charge in [0.2, 0.25) is 0 Å². The van der Waals surface area contributed by atoms with Gasteiger partial charge in [-0.1, -0.05) is 13.3 Å². The lowest BCUT2D eigenvalue weighted by Crippen LogP contribution is -2.52. The molecular weight excluding hydrogens is 518 g/mol. The Labute approximate surface area is 221 Å². The number of aromatic nitrogens is 1. The van der Waals surface area contributed by atoms with Gasteiger partial charge in [-0.05, 0) is 55.5 Å². The first-order valence-electron chi connectivity index (χ1n) is 12.6. The highest BCUT2D eigenvalue weighted by atomic mass is 32.2. The highest BCUT2D eigenvalue weighted by Gasteiger charge is 2.33. The van der Waals surface area contributed by atoms with Crippen LogP contribution >= 0.6 is 0 Å². The van der Waals surface area contributed by atoms with Gasteiger partial charge in [0.05, 0.1) is 17.1 Å². The molecule has 4 N–H and O–H groups in total. The van der Waals surface area contributed by atoms with E-state index in [0.29, 0.717) is 12.8 Å². The fourth-order valence-corrected chi connectivity index (χ4v) is 5.45. The fraction of sp³-hybridized carbons (Fsp3) is 0.500. The molecule has 38 heavy (non-hydrogen) atoms. The number of esters is 1. The van der Waals surface area contributed by atoms with Crippen molar-refractivity contribution < 1.29 is 31.5 Å². The third-order valence-electron chi connectivity index (χ3n) is 6.07. The zero-order valence-corrected chi connectivity index (χ0v) is 22.1. The molecule has 0 spiro atoms. The number of halogens is 2. The normalized spacial score (nSPS) is 15.9. The predicted molar refractivity (Wildman–Crippen MR) is 138 cm³/mol. The Balaban J connectivity index is 1.78. The first-order valence-corrected chi connectivity index (χ1v) is 14.4. The Hall–Kier alpha value is -2.96. The molecule has 1 amide bonds. The van der Waals surface area contributed by atoms with E-state index in [0.717, 1.165) is 31.0 Å². The monoisotopic (exact) mass is 552 g/mol. The number of unbranched alkanes of at least 4 members (excludes halogenated alkanes) is 1. The molecule has 9 nitrogen and oxygen atoms in total. The molecule has 1 fully saturated rings. The van der Waals surface area contributed by atoms with Gasteiger partial charge in [-0.15, -0.1) is 0 Å². The third-order valence-corrected chi connectivity index (χ3v) is 7.82. The smallest absolute Gasteiger partial charge is 0.330 e. The molecule has 0 unspecified atom stereocenters. The van der Waals surface area contributed by atoms with Crippen molar-refractivity contribution in [3.63, 3.8) is 0 Å². The van der Waals surface area contributed by atoms with Crippen molar-refractivity contribution in [3.8, 4) is 0 Å². The topological polar surface area (TPSA) is 140 Å². The summed E-state index contributed by atoms with van der Waals surface area (Å²) in [5.41, 5.74) is 6.74. The average molecular weight is 553 g/mol. The van der Waals surface area contributed by atoms with Crippen LogP contribution in [0.3, 0.4) is 0 Å². The number of rotatable bonds is 15. The summed E-state index contributed by atoms with van der Waals surface area (Å²) in [6, 6.07) is 3.94. The largest absolute Gasteiger partial charge is 0.458 e. The second-order valence-corrected chi connectivity index (χ2v) is 11.8. The van der Waals surface area contributed by atoms with Crippen LogP contribution in [0.15, 0.2) is 42.7 Å². The van der Waals surface area contributed by atoms with Gasteiger partial charge >= 0.3 is 5.97 Å². The summed E-state index contributed by atoms with van der Waals surface area (Å²) in [5.74, 6) is -3.96. The summed E-state index contributed by atoms with van der Waals surface area (Å²) in [4.78, 5) is 29.9. The summed E-state index contributed by atoms with van der Waals surface area (Å²) < 4.78 is 58.4. The van der Waals surface area contributed by atoms with Gasteiger partial charge in [0.25, 0.3) is 5.91 Å². The molecule has 0 radical (unpaired) electrons. The molecule has 3 rings (SSSR count). The van der Waals surface area contributed by atoms with Crippen LogP contribution in [0.2, 0.25) is 0 Å². The standard InChI is InChI=1S/C26H34F2N4O5S/c1-2-3-9-38(35,36)16-23(32-25(33)18-5-4-8-30-14-18)26(34)37-24(15-31-21-6-7-21)22(29)12-17-10-19(27)13-20(28)11-17/h4-5,8,10-11,13-14,21-24,31H,2-3,6-7,9,12,15-16,29H2,1H3,(H,32,33)/t22-,23+,24+/m0/s1. The van der Waals surface area contributed by atoms with E-state index in [4.69, 9.17) is 10.5 Å². The van der Waals surface area contributed by atoms with E-state index in [9.17, 15) is 26.8 Å². The Morgan fingerprint density at radius 1 is 1.21 bits per heavy atom. The molecule has 0 bridgehead atoms. The molecule has 1 aromatic heterocycles. The molecule has 1 saturated carbocycles. The van der Waals surface area contributed by atoms with E-state index in [1.54, 1.807) is 0 Å². The van der Waals surface area contributed by atoms with Gasteiger partial charge in [0.1, 0.15) is 23.8 Å². The van der Waals surface area contributed by atoms with Crippen LogP contribution < -0.4 is 16.4 Å². The molecule has 1 aromatic carbocycles. The lowest BCUT2D eigenvalue weighted by atomic mass is 10.0. The highest BCUT2D eigenvalue weighted by Crippen LogP contribution is 2.19. The van der Waals surface area contributed by atoms with Crippen molar-refractivity contribution in [2.75, 3.05) is 18.1 Å². The van der Waals surface area contributed by atoms with Crippen LogP contribution in [0.5, 0.6) is 0 Å². The van der Waals surface area contributed by atoms with Crippen molar-refractivity contribution in [3.05, 3.63) is 65.5 Å². The fourth-order valence-electron chi connectivity index (χ4n) is 3.82. The first kappa shape index (κ1) is 29.6. The van der Waals surface area contributed by atoms with Crippen LogP contribution in [-0.2, 0) is 25.8 Å². The number of ether oxygens (including phenoxy) is 1. The number of nitrogens with one attached hydrogen (secondary N) is 2. The van der Waals surface area contributed by atoms with Crippen molar-refractivity contribution in [2.45, 2.75) is 63.3 Å². The van der Waals surface area contributed by atoms with E-state index in [1.807, 2.05) is 6.92 Å². The number of nitrogens with two attached hydrogens (primary N) is 1. The summed E-state index contributed by atoms with van der Waals surface area (Å²) in [6.45, 7) is 2.00. The number of nitrogens with zero attached hydrogens (tertiary/aromatic N) is 1. The number of hydrogen-bond acceptors (Lipinski definition) is 8. The SMILES string of the molecule is CCCCS(=O)(=O)C[C@@H](NC(=O)c1cccnc1)C(=O)O[C@H](CNC1CC1)[C@@H](N)Cc1cc(F)cc(F)c1. The number of carbonyl (C=O) groups excluding carboxylic acids is 2. The van der Waals surface area contributed by atoms with Crippen LogP contribution in [-0.4, -0.2) is 67.6 Å². The lowest BCUT2D eigenvalue weighted by Gasteiger charge is -2.27. The van der Waals surface area contributed by atoms with E-state index in [2.05, 4.69) is 15.6 Å². The van der Waals surface area contributed by atoms with Crippen LogP contribution in [0, 0.1) is 11.6 Å². The quantitative estimate of drug-likeness (QED) is 0.285. The average Bonchev–Trinajstić information content (AvgIpc) is 3.69. The summed E-state index contributed by atoms with van der Waals surface area (Å²) in [6.07, 6.45) is 4.76. The molecule has 0 aliphatic heterocycles. The van der Waals surface area contributed by atoms with Crippen molar-refractivity contribution >= 4 is 21.7 Å². The van der Waals surface area contributed by atoms with Crippen LogP contribution in [0.4, 0.5) is 8.78 Å². The van der Waals surface area contributed by atoms with Gasteiger partial charge in [-0.3, -0.25) is 9.78 Å². The van der Waals surface area contributed by atoms with Gasteiger partial charge in [0.15, 0.2) is 9.84 Å². The molecule has 0 saturated heterocycles. The molecule has 12 heteroatoms. The molecular formula is C26H34F2N4O5S. The maximum atomic E-state index is 13.7. The zero-order valence-electron chi connectivity index (χ0n) is 21.2. The van der Waals surface area contributed by atoms with E-state index < -0.39 is 57.3 Å².